The zero-order valence-corrected chi connectivity index (χ0v) is 19.2. The Morgan fingerprint density at radius 1 is 1.11 bits per heavy atom. The Morgan fingerprint density at radius 2 is 1.85 bits per heavy atom. The summed E-state index contributed by atoms with van der Waals surface area (Å²) in [5.74, 6) is 2.34. The van der Waals surface area contributed by atoms with E-state index in [4.69, 9.17) is 4.74 Å². The second kappa shape index (κ2) is 11.4. The number of carbonyl (C=O) groups is 1. The third-order valence-corrected chi connectivity index (χ3v) is 6.05. The van der Waals surface area contributed by atoms with Gasteiger partial charge in [0.1, 0.15) is 0 Å². The van der Waals surface area contributed by atoms with E-state index in [1.54, 1.807) is 7.11 Å². The monoisotopic (exact) mass is 493 g/mol. The zero-order chi connectivity index (χ0) is 18.4. The Morgan fingerprint density at radius 3 is 2.44 bits per heavy atom. The number of hydrogen-bond donors (Lipinski definition) is 1. The zero-order valence-electron chi connectivity index (χ0n) is 16.9. The molecule has 2 heterocycles. The average Bonchev–Trinajstić information content (AvgIpc) is 3.06. The fraction of sp³-hybridized carbons (Fsp3) is 0.895. The number of methoxy groups -OCH3 is 1. The highest BCUT2D eigenvalue weighted by Crippen LogP contribution is 2.28. The van der Waals surface area contributed by atoms with Crippen LogP contribution in [-0.4, -0.2) is 99.7 Å². The van der Waals surface area contributed by atoms with Crippen LogP contribution in [0.5, 0.6) is 0 Å². The molecule has 3 rings (SSSR count). The van der Waals surface area contributed by atoms with Gasteiger partial charge in [0.2, 0.25) is 5.91 Å². The lowest BCUT2D eigenvalue weighted by Crippen LogP contribution is -2.52. The SMILES string of the molecule is CN=C(NCCN1CCN(C(=O)C2CCC2)CC1)N1CCC(COC)C1.I. The molecule has 1 unspecified atom stereocenters. The predicted molar refractivity (Wildman–Crippen MR) is 119 cm³/mol. The minimum Gasteiger partial charge on any atom is -0.384 e. The van der Waals surface area contributed by atoms with Gasteiger partial charge in [-0.05, 0) is 19.3 Å². The fourth-order valence-electron chi connectivity index (χ4n) is 4.16. The predicted octanol–water partition coefficient (Wildman–Crippen LogP) is 1.09. The minimum atomic E-state index is 0. The van der Waals surface area contributed by atoms with Crippen LogP contribution >= 0.6 is 24.0 Å². The molecule has 0 radical (unpaired) electrons. The number of aliphatic imine (C=N–C) groups is 1. The molecule has 1 saturated carbocycles. The maximum absolute atomic E-state index is 12.3. The number of amides is 1. The molecule has 2 aliphatic heterocycles. The van der Waals surface area contributed by atoms with Gasteiger partial charge in [0.15, 0.2) is 5.96 Å². The highest BCUT2D eigenvalue weighted by molar-refractivity contribution is 14.0. The van der Waals surface area contributed by atoms with E-state index in [9.17, 15) is 4.79 Å². The van der Waals surface area contributed by atoms with Gasteiger partial charge in [-0.1, -0.05) is 6.42 Å². The summed E-state index contributed by atoms with van der Waals surface area (Å²) < 4.78 is 5.28. The third-order valence-electron chi connectivity index (χ3n) is 6.05. The summed E-state index contributed by atoms with van der Waals surface area (Å²) in [6.45, 7) is 8.54. The second-order valence-electron chi connectivity index (χ2n) is 7.82. The van der Waals surface area contributed by atoms with Crippen LogP contribution in [-0.2, 0) is 9.53 Å². The molecule has 2 saturated heterocycles. The molecular formula is C19H36IN5O2. The number of nitrogens with zero attached hydrogens (tertiary/aromatic N) is 4. The second-order valence-corrected chi connectivity index (χ2v) is 7.82. The Labute approximate surface area is 180 Å². The number of guanidine groups is 1. The number of rotatable bonds is 6. The number of carbonyl (C=O) groups excluding carboxylic acids is 1. The lowest BCUT2D eigenvalue weighted by Gasteiger charge is -2.38. The number of hydrogen-bond acceptors (Lipinski definition) is 4. The minimum absolute atomic E-state index is 0. The van der Waals surface area contributed by atoms with E-state index >= 15 is 0 Å². The van der Waals surface area contributed by atoms with Gasteiger partial charge in [0.05, 0.1) is 6.61 Å². The molecule has 0 aromatic heterocycles. The van der Waals surface area contributed by atoms with Gasteiger partial charge in [-0.3, -0.25) is 14.7 Å². The number of ether oxygens (including phenoxy) is 1. The van der Waals surface area contributed by atoms with Crippen molar-refractivity contribution in [2.24, 2.45) is 16.8 Å². The molecule has 27 heavy (non-hydrogen) atoms. The summed E-state index contributed by atoms with van der Waals surface area (Å²) in [6.07, 6.45) is 4.60. The van der Waals surface area contributed by atoms with E-state index in [1.165, 1.54) is 12.8 Å². The summed E-state index contributed by atoms with van der Waals surface area (Å²) in [6, 6.07) is 0. The van der Waals surface area contributed by atoms with Crippen molar-refractivity contribution >= 4 is 35.8 Å². The Hall–Kier alpha value is -0.610. The number of likely N-dealkylation sites (tertiary alicyclic amines) is 1. The summed E-state index contributed by atoms with van der Waals surface area (Å²) in [7, 11) is 3.63. The first kappa shape index (κ1) is 22.7. The lowest BCUT2D eigenvalue weighted by atomic mass is 9.84. The van der Waals surface area contributed by atoms with E-state index < -0.39 is 0 Å². The normalized spacial score (nSPS) is 24.5. The smallest absolute Gasteiger partial charge is 0.225 e. The van der Waals surface area contributed by atoms with Gasteiger partial charge in [0.25, 0.3) is 0 Å². The largest absolute Gasteiger partial charge is 0.384 e. The van der Waals surface area contributed by atoms with E-state index in [2.05, 4.69) is 25.0 Å². The molecule has 1 amide bonds. The Kier molecular flexibility index (Phi) is 9.58. The van der Waals surface area contributed by atoms with Gasteiger partial charge >= 0.3 is 0 Å². The van der Waals surface area contributed by atoms with E-state index in [-0.39, 0.29) is 24.0 Å². The lowest BCUT2D eigenvalue weighted by molar-refractivity contribution is -0.139. The van der Waals surface area contributed by atoms with Crippen molar-refractivity contribution in [3.8, 4) is 0 Å². The standard InChI is InChI=1S/C19H35N5O2.HI/c1-20-19(24-8-6-16(14-24)15-26-2)21-7-9-22-10-12-23(13-11-22)18(25)17-4-3-5-17;/h16-17H,3-15H2,1-2H3,(H,20,21);1H. The maximum Gasteiger partial charge on any atom is 0.225 e. The molecule has 1 atom stereocenters. The number of halogens is 1. The summed E-state index contributed by atoms with van der Waals surface area (Å²) in [5.41, 5.74) is 0. The molecule has 0 bridgehead atoms. The van der Waals surface area contributed by atoms with Gasteiger partial charge in [0, 0.05) is 78.4 Å². The van der Waals surface area contributed by atoms with E-state index in [0.717, 1.165) is 77.8 Å². The molecule has 0 aromatic carbocycles. The topological polar surface area (TPSA) is 60.4 Å². The highest BCUT2D eigenvalue weighted by Gasteiger charge is 2.31. The third kappa shape index (κ3) is 6.19. The molecule has 8 heteroatoms. The van der Waals surface area contributed by atoms with Crippen LogP contribution in [0.1, 0.15) is 25.7 Å². The van der Waals surface area contributed by atoms with Crippen molar-refractivity contribution < 1.29 is 9.53 Å². The Balaban J connectivity index is 0.00000261. The van der Waals surface area contributed by atoms with E-state index in [0.29, 0.717) is 17.7 Å². The first-order valence-electron chi connectivity index (χ1n) is 10.2. The molecule has 1 aliphatic carbocycles. The van der Waals surface area contributed by atoms with Crippen LogP contribution < -0.4 is 5.32 Å². The molecule has 7 nitrogen and oxygen atoms in total. The molecule has 1 N–H and O–H groups in total. The van der Waals surface area contributed by atoms with Crippen LogP contribution in [0.15, 0.2) is 4.99 Å². The van der Waals surface area contributed by atoms with Crippen molar-refractivity contribution in [2.45, 2.75) is 25.7 Å². The van der Waals surface area contributed by atoms with Gasteiger partial charge in [-0.2, -0.15) is 0 Å². The molecule has 0 spiro atoms. The summed E-state index contributed by atoms with van der Waals surface area (Å²) in [5, 5.41) is 3.50. The quantitative estimate of drug-likeness (QED) is 0.341. The molecule has 3 fully saturated rings. The van der Waals surface area contributed by atoms with Crippen LogP contribution in [0.3, 0.4) is 0 Å². The first-order valence-corrected chi connectivity index (χ1v) is 10.2. The number of piperazine rings is 1. The van der Waals surface area contributed by atoms with Crippen molar-refractivity contribution in [1.29, 1.82) is 0 Å². The maximum atomic E-state index is 12.3. The molecule has 0 aromatic rings. The van der Waals surface area contributed by atoms with Crippen molar-refractivity contribution in [3.63, 3.8) is 0 Å². The highest BCUT2D eigenvalue weighted by atomic mass is 127. The molecule has 156 valence electrons. The van der Waals surface area contributed by atoms with E-state index in [1.807, 2.05) is 7.05 Å². The number of nitrogens with one attached hydrogen (secondary N) is 1. The Bertz CT molecular complexity index is 492. The van der Waals surface area contributed by atoms with Gasteiger partial charge in [-0.25, -0.2) is 0 Å². The molecule has 3 aliphatic rings. The summed E-state index contributed by atoms with van der Waals surface area (Å²) >= 11 is 0. The van der Waals surface area contributed by atoms with Crippen LogP contribution in [0.2, 0.25) is 0 Å². The van der Waals surface area contributed by atoms with Crippen molar-refractivity contribution in [3.05, 3.63) is 0 Å². The van der Waals surface area contributed by atoms with Gasteiger partial charge < -0.3 is 19.9 Å². The van der Waals surface area contributed by atoms with Crippen LogP contribution in [0.4, 0.5) is 0 Å². The molecular weight excluding hydrogens is 457 g/mol. The average molecular weight is 493 g/mol. The fourth-order valence-corrected chi connectivity index (χ4v) is 4.16. The van der Waals surface area contributed by atoms with Crippen molar-refractivity contribution in [2.75, 3.05) is 73.1 Å². The van der Waals surface area contributed by atoms with Crippen molar-refractivity contribution in [1.82, 2.24) is 20.0 Å². The van der Waals surface area contributed by atoms with Gasteiger partial charge in [-0.15, -0.1) is 24.0 Å². The van der Waals surface area contributed by atoms with Crippen LogP contribution in [0, 0.1) is 11.8 Å². The summed E-state index contributed by atoms with van der Waals surface area (Å²) in [4.78, 5) is 23.6. The van der Waals surface area contributed by atoms with Crippen LogP contribution in [0.25, 0.3) is 0 Å². The first-order chi connectivity index (χ1) is 12.7.